The second-order valence-corrected chi connectivity index (χ2v) is 2.25. The Balaban J connectivity index is -0.0000000403. The van der Waals surface area contributed by atoms with Crippen molar-refractivity contribution in [2.24, 2.45) is 0 Å². The van der Waals surface area contributed by atoms with Crippen molar-refractivity contribution in [1.29, 1.82) is 0 Å². The number of hydroxylamine groups is 2. The SMILES string of the molecule is CCC(C(=O)O)N(O)CC(=O)O.[Ca+2].[Ca+2].[H-].[H-].[H-].[H-]. The van der Waals surface area contributed by atoms with Gasteiger partial charge in [-0.15, -0.1) is 0 Å². The molecule has 0 aromatic rings. The number of hydrogen-bond acceptors (Lipinski definition) is 4. The van der Waals surface area contributed by atoms with Crippen molar-refractivity contribution < 1.29 is 30.7 Å². The normalized spacial score (nSPS) is 11.1. The minimum atomic E-state index is -1.27. The molecule has 0 rings (SSSR count). The van der Waals surface area contributed by atoms with Gasteiger partial charge in [-0.2, -0.15) is 5.06 Å². The van der Waals surface area contributed by atoms with Crippen LogP contribution >= 0.6 is 0 Å². The van der Waals surface area contributed by atoms with E-state index in [1.54, 1.807) is 6.92 Å². The summed E-state index contributed by atoms with van der Waals surface area (Å²) in [5, 5.41) is 25.9. The number of rotatable bonds is 5. The van der Waals surface area contributed by atoms with Crippen LogP contribution < -0.4 is 0 Å². The number of carbonyl (C=O) groups is 2. The molecule has 0 saturated carbocycles. The molecule has 0 heterocycles. The summed E-state index contributed by atoms with van der Waals surface area (Å²) in [6.45, 7) is 0.856. The summed E-state index contributed by atoms with van der Waals surface area (Å²) in [6, 6.07) is -1.15. The van der Waals surface area contributed by atoms with Gasteiger partial charge in [-0.25, -0.2) is 0 Å². The van der Waals surface area contributed by atoms with Gasteiger partial charge in [0.25, 0.3) is 0 Å². The molecule has 0 aliphatic carbocycles. The maximum atomic E-state index is 10.4. The molecule has 1 unspecified atom stereocenters. The second kappa shape index (κ2) is 10.9. The molecule has 3 N–H and O–H groups in total. The Labute approximate surface area is 147 Å². The summed E-state index contributed by atoms with van der Waals surface area (Å²) >= 11 is 0. The van der Waals surface area contributed by atoms with Gasteiger partial charge in [-0.1, -0.05) is 6.92 Å². The van der Waals surface area contributed by atoms with E-state index < -0.39 is 24.5 Å². The van der Waals surface area contributed by atoms with Gasteiger partial charge < -0.3 is 21.1 Å². The zero-order valence-corrected chi connectivity index (χ0v) is 12.4. The van der Waals surface area contributed by atoms with E-state index in [-0.39, 0.29) is 87.6 Å². The second-order valence-electron chi connectivity index (χ2n) is 2.25. The Morgan fingerprint density at radius 2 is 1.79 bits per heavy atom. The van der Waals surface area contributed by atoms with Gasteiger partial charge in [0.05, 0.1) is 0 Å². The largest absolute Gasteiger partial charge is 2.00 e. The third kappa shape index (κ3) is 8.67. The molecule has 0 aromatic heterocycles. The van der Waals surface area contributed by atoms with Crippen LogP contribution in [0.4, 0.5) is 0 Å². The molecule has 8 heteroatoms. The van der Waals surface area contributed by atoms with Crippen LogP contribution in [-0.4, -0.2) is 120 Å². The summed E-state index contributed by atoms with van der Waals surface area (Å²) in [7, 11) is 0. The molecule has 78 valence electrons. The number of carboxylic acids is 2. The monoisotopic (exact) mass is 261 g/mol. The molecule has 0 bridgehead atoms. The maximum Gasteiger partial charge on any atom is 2.00 e. The molecule has 0 radical (unpaired) electrons. The van der Waals surface area contributed by atoms with Crippen molar-refractivity contribution in [2.45, 2.75) is 19.4 Å². The fraction of sp³-hybridized carbons (Fsp3) is 0.667. The fourth-order valence-corrected chi connectivity index (χ4v) is 0.762. The van der Waals surface area contributed by atoms with Crippen molar-refractivity contribution in [2.75, 3.05) is 6.54 Å². The Bertz CT molecular complexity index is 203. The first kappa shape index (κ1) is 20.8. The van der Waals surface area contributed by atoms with Crippen LogP contribution in [0, 0.1) is 0 Å². The number of aliphatic carboxylic acids is 2. The molecular weight excluding hydrogens is 246 g/mol. The van der Waals surface area contributed by atoms with Gasteiger partial charge in [0.1, 0.15) is 12.6 Å². The minimum Gasteiger partial charge on any atom is -1.00 e. The summed E-state index contributed by atoms with van der Waals surface area (Å²) in [6.07, 6.45) is 0.152. The molecule has 0 aromatic carbocycles. The van der Waals surface area contributed by atoms with E-state index in [4.69, 9.17) is 15.4 Å². The first-order chi connectivity index (χ1) is 5.49. The van der Waals surface area contributed by atoms with Gasteiger partial charge >= 0.3 is 87.4 Å². The van der Waals surface area contributed by atoms with Crippen molar-refractivity contribution in [3.8, 4) is 0 Å². The molecular formula is C6H15Ca2NO5. The van der Waals surface area contributed by atoms with Crippen LogP contribution in [0.25, 0.3) is 0 Å². The topological polar surface area (TPSA) is 98.1 Å². The van der Waals surface area contributed by atoms with Crippen LogP contribution in [0.3, 0.4) is 0 Å². The minimum absolute atomic E-state index is 0. The van der Waals surface area contributed by atoms with E-state index in [9.17, 15) is 9.59 Å². The molecule has 0 spiro atoms. The number of hydrogen-bond donors (Lipinski definition) is 3. The Kier molecular flexibility index (Phi) is 16.1. The molecule has 0 aliphatic heterocycles. The third-order valence-corrected chi connectivity index (χ3v) is 1.33. The molecule has 0 aliphatic rings. The average molecular weight is 261 g/mol. The first-order valence-corrected chi connectivity index (χ1v) is 3.39. The molecule has 6 nitrogen and oxygen atoms in total. The fourth-order valence-electron chi connectivity index (χ4n) is 0.762. The number of carboxylic acid groups (broad SMARTS) is 2. The zero-order valence-electron chi connectivity index (χ0n) is 12.0. The van der Waals surface area contributed by atoms with E-state index in [1.165, 1.54) is 0 Å². The molecule has 0 amide bonds. The molecule has 14 heavy (non-hydrogen) atoms. The Morgan fingerprint density at radius 1 is 1.36 bits per heavy atom. The van der Waals surface area contributed by atoms with Gasteiger partial charge in [0.15, 0.2) is 0 Å². The molecule has 1 atom stereocenters. The summed E-state index contributed by atoms with van der Waals surface area (Å²) < 4.78 is 0. The standard InChI is InChI=1S/C6H11NO5.2Ca.4H/c1-2-4(6(10)11)7(12)3-5(8)9;;;;;;/h4,12H,2-3H2,1H3,(H,8,9)(H,10,11);;;;;;/q;2*+2;4*-1. The van der Waals surface area contributed by atoms with E-state index in [0.29, 0.717) is 5.06 Å². The van der Waals surface area contributed by atoms with Crippen molar-refractivity contribution in [1.82, 2.24) is 5.06 Å². The molecule has 0 saturated heterocycles. The smallest absolute Gasteiger partial charge is 1.00 e. The van der Waals surface area contributed by atoms with Gasteiger partial charge in [0.2, 0.25) is 0 Å². The van der Waals surface area contributed by atoms with Crippen LogP contribution in [0.1, 0.15) is 19.1 Å². The maximum absolute atomic E-state index is 10.4. The summed E-state index contributed by atoms with van der Waals surface area (Å²) in [5.41, 5.74) is 0. The predicted octanol–water partition coefficient (Wildman–Crippen LogP) is -0.686. The third-order valence-electron chi connectivity index (χ3n) is 1.33. The van der Waals surface area contributed by atoms with Crippen LogP contribution in [0.2, 0.25) is 0 Å². The average Bonchev–Trinajstić information content (AvgIpc) is 1.85. The van der Waals surface area contributed by atoms with Gasteiger partial charge in [-0.3, -0.25) is 9.59 Å². The van der Waals surface area contributed by atoms with E-state index in [2.05, 4.69) is 0 Å². The molecule has 0 fully saturated rings. The van der Waals surface area contributed by atoms with Crippen LogP contribution in [0.15, 0.2) is 0 Å². The van der Waals surface area contributed by atoms with Crippen molar-refractivity contribution in [3.05, 3.63) is 0 Å². The van der Waals surface area contributed by atoms with Crippen LogP contribution in [0.5, 0.6) is 0 Å². The van der Waals surface area contributed by atoms with Gasteiger partial charge in [0, 0.05) is 0 Å². The zero-order chi connectivity index (χ0) is 9.72. The Morgan fingerprint density at radius 3 is 2.00 bits per heavy atom. The van der Waals surface area contributed by atoms with Gasteiger partial charge in [-0.05, 0) is 6.42 Å². The van der Waals surface area contributed by atoms with Crippen molar-refractivity contribution >= 4 is 87.4 Å². The number of nitrogens with zero attached hydrogens (tertiary/aromatic N) is 1. The first-order valence-electron chi connectivity index (χ1n) is 3.39. The van der Waals surface area contributed by atoms with Crippen molar-refractivity contribution in [3.63, 3.8) is 0 Å². The quantitative estimate of drug-likeness (QED) is 0.448. The van der Waals surface area contributed by atoms with Crippen LogP contribution in [-0.2, 0) is 9.59 Å². The summed E-state index contributed by atoms with van der Waals surface area (Å²) in [4.78, 5) is 20.4. The van der Waals surface area contributed by atoms with E-state index in [0.717, 1.165) is 0 Å². The van der Waals surface area contributed by atoms with E-state index in [1.807, 2.05) is 0 Å². The van der Waals surface area contributed by atoms with E-state index >= 15 is 0 Å². The predicted molar refractivity (Wildman–Crippen MR) is 53.8 cm³/mol. The summed E-state index contributed by atoms with van der Waals surface area (Å²) in [5.74, 6) is -2.50. The Hall–Kier alpha value is 1.38.